The summed E-state index contributed by atoms with van der Waals surface area (Å²) < 4.78 is 0. The van der Waals surface area contributed by atoms with Crippen molar-refractivity contribution in [2.45, 2.75) is 25.6 Å². The number of hydrogen-bond acceptors (Lipinski definition) is 4. The zero-order valence-electron chi connectivity index (χ0n) is 13.7. The summed E-state index contributed by atoms with van der Waals surface area (Å²) in [6.45, 7) is 3.47. The van der Waals surface area contributed by atoms with Crippen molar-refractivity contribution in [3.63, 3.8) is 0 Å². The van der Waals surface area contributed by atoms with Gasteiger partial charge in [0.15, 0.2) is 0 Å². The van der Waals surface area contributed by atoms with E-state index in [1.54, 1.807) is 6.07 Å². The van der Waals surface area contributed by atoms with Crippen LogP contribution in [0.1, 0.15) is 23.1 Å². The maximum atomic E-state index is 12.8. The Hall–Kier alpha value is -2.39. The van der Waals surface area contributed by atoms with Gasteiger partial charge < -0.3 is 14.7 Å². The third kappa shape index (κ3) is 2.45. The second-order valence-corrected chi connectivity index (χ2v) is 7.11. The van der Waals surface area contributed by atoms with E-state index in [4.69, 9.17) is 5.26 Å². The minimum absolute atomic E-state index is 0.0632. The number of rotatable bonds is 2. The van der Waals surface area contributed by atoms with Crippen molar-refractivity contribution in [3.8, 4) is 6.07 Å². The molecule has 3 aliphatic rings. The standard InChI is InChI=1S/C18H20N4O2/c1-20-10-16(11-20)22-9-15(5-17(22)23)18(24)21-7-13-3-2-12(6-19)4-14(13)8-21/h2-4,15-16H,5,7-11H2,1H3. The van der Waals surface area contributed by atoms with Crippen LogP contribution in [-0.2, 0) is 22.7 Å². The van der Waals surface area contributed by atoms with Crippen LogP contribution in [0.4, 0.5) is 0 Å². The highest BCUT2D eigenvalue weighted by Gasteiger charge is 2.42. The normalized spacial score (nSPS) is 24.0. The SMILES string of the molecule is CN1CC(N2CC(C(=O)N3Cc4ccc(C#N)cc4C3)CC2=O)C1. The molecule has 24 heavy (non-hydrogen) atoms. The van der Waals surface area contributed by atoms with Crippen molar-refractivity contribution >= 4 is 11.8 Å². The highest BCUT2D eigenvalue weighted by molar-refractivity contribution is 5.89. The van der Waals surface area contributed by atoms with Gasteiger partial charge in [-0.25, -0.2) is 0 Å². The van der Waals surface area contributed by atoms with Gasteiger partial charge in [-0.3, -0.25) is 9.59 Å². The van der Waals surface area contributed by atoms with Crippen molar-refractivity contribution in [2.24, 2.45) is 5.92 Å². The molecule has 1 unspecified atom stereocenters. The van der Waals surface area contributed by atoms with Gasteiger partial charge in [0, 0.05) is 39.1 Å². The Bertz CT molecular complexity index is 748. The first-order chi connectivity index (χ1) is 11.5. The van der Waals surface area contributed by atoms with Crippen molar-refractivity contribution in [1.82, 2.24) is 14.7 Å². The summed E-state index contributed by atoms with van der Waals surface area (Å²) in [5.41, 5.74) is 2.77. The molecule has 2 saturated heterocycles. The lowest BCUT2D eigenvalue weighted by Gasteiger charge is -2.42. The van der Waals surface area contributed by atoms with Crippen LogP contribution in [0.15, 0.2) is 18.2 Å². The lowest BCUT2D eigenvalue weighted by Crippen LogP contribution is -2.58. The first-order valence-electron chi connectivity index (χ1n) is 8.34. The smallest absolute Gasteiger partial charge is 0.228 e. The number of likely N-dealkylation sites (N-methyl/N-ethyl adjacent to an activating group) is 1. The average Bonchev–Trinajstić information content (AvgIpc) is 3.13. The van der Waals surface area contributed by atoms with Crippen LogP contribution in [0.25, 0.3) is 0 Å². The molecule has 1 atom stereocenters. The van der Waals surface area contributed by atoms with E-state index >= 15 is 0 Å². The third-order valence-corrected chi connectivity index (χ3v) is 5.36. The Labute approximate surface area is 141 Å². The number of nitriles is 1. The second-order valence-electron chi connectivity index (χ2n) is 7.11. The molecular weight excluding hydrogens is 304 g/mol. The topological polar surface area (TPSA) is 67.7 Å². The molecule has 1 aromatic rings. The molecule has 0 N–H and O–H groups in total. The van der Waals surface area contributed by atoms with E-state index in [0.717, 1.165) is 24.2 Å². The molecule has 3 heterocycles. The van der Waals surface area contributed by atoms with Gasteiger partial charge in [0.2, 0.25) is 11.8 Å². The number of benzene rings is 1. The predicted octanol–water partition coefficient (Wildman–Crippen LogP) is 0.563. The predicted molar refractivity (Wildman–Crippen MR) is 86.5 cm³/mol. The van der Waals surface area contributed by atoms with Gasteiger partial charge in [-0.1, -0.05) is 6.07 Å². The first-order valence-corrected chi connectivity index (χ1v) is 8.34. The number of carbonyl (C=O) groups is 2. The van der Waals surface area contributed by atoms with Gasteiger partial charge in [0.1, 0.15) is 0 Å². The molecule has 3 aliphatic heterocycles. The van der Waals surface area contributed by atoms with Crippen LogP contribution in [0.2, 0.25) is 0 Å². The molecule has 0 spiro atoms. The summed E-state index contributed by atoms with van der Waals surface area (Å²) in [4.78, 5) is 31.0. The van der Waals surface area contributed by atoms with Crippen LogP contribution in [0.5, 0.6) is 0 Å². The molecule has 0 aliphatic carbocycles. The monoisotopic (exact) mass is 324 g/mol. The molecule has 0 radical (unpaired) electrons. The fraction of sp³-hybridized carbons (Fsp3) is 0.500. The Morgan fingerprint density at radius 2 is 1.96 bits per heavy atom. The number of nitrogens with zero attached hydrogens (tertiary/aromatic N) is 4. The molecule has 0 saturated carbocycles. The molecular formula is C18H20N4O2. The highest BCUT2D eigenvalue weighted by Crippen LogP contribution is 2.30. The van der Waals surface area contributed by atoms with E-state index in [1.807, 2.05) is 29.0 Å². The van der Waals surface area contributed by atoms with Gasteiger partial charge in [-0.15, -0.1) is 0 Å². The summed E-state index contributed by atoms with van der Waals surface area (Å²) in [6.07, 6.45) is 0.329. The lowest BCUT2D eigenvalue weighted by atomic mass is 10.1. The molecule has 2 amide bonds. The van der Waals surface area contributed by atoms with Gasteiger partial charge in [-0.2, -0.15) is 5.26 Å². The largest absolute Gasteiger partial charge is 0.336 e. The van der Waals surface area contributed by atoms with Crippen molar-refractivity contribution in [2.75, 3.05) is 26.7 Å². The van der Waals surface area contributed by atoms with E-state index in [-0.39, 0.29) is 23.8 Å². The van der Waals surface area contributed by atoms with E-state index < -0.39 is 0 Å². The zero-order chi connectivity index (χ0) is 16.8. The minimum atomic E-state index is -0.229. The van der Waals surface area contributed by atoms with E-state index in [9.17, 15) is 9.59 Å². The van der Waals surface area contributed by atoms with Crippen LogP contribution >= 0.6 is 0 Å². The van der Waals surface area contributed by atoms with Gasteiger partial charge >= 0.3 is 0 Å². The van der Waals surface area contributed by atoms with Crippen molar-refractivity contribution in [1.29, 1.82) is 5.26 Å². The maximum absolute atomic E-state index is 12.8. The Kier molecular flexibility index (Phi) is 3.54. The molecule has 0 bridgehead atoms. The Morgan fingerprint density at radius 3 is 2.67 bits per heavy atom. The van der Waals surface area contributed by atoms with Gasteiger partial charge in [-0.05, 0) is 30.3 Å². The molecule has 4 rings (SSSR count). The number of amides is 2. The third-order valence-electron chi connectivity index (χ3n) is 5.36. The molecule has 1 aromatic carbocycles. The van der Waals surface area contributed by atoms with Crippen molar-refractivity contribution < 1.29 is 9.59 Å². The number of fused-ring (bicyclic) bond motifs is 1. The summed E-state index contributed by atoms with van der Waals surface area (Å²) >= 11 is 0. The first kappa shape index (κ1) is 15.2. The van der Waals surface area contributed by atoms with E-state index in [2.05, 4.69) is 11.0 Å². The summed E-state index contributed by atoms with van der Waals surface area (Å²) in [5, 5.41) is 9.00. The Morgan fingerprint density at radius 1 is 1.21 bits per heavy atom. The van der Waals surface area contributed by atoms with Crippen LogP contribution in [0, 0.1) is 17.2 Å². The summed E-state index contributed by atoms with van der Waals surface area (Å²) in [6, 6.07) is 7.99. The van der Waals surface area contributed by atoms with Crippen LogP contribution in [0.3, 0.4) is 0 Å². The zero-order valence-corrected chi connectivity index (χ0v) is 13.7. The van der Waals surface area contributed by atoms with Gasteiger partial charge in [0.05, 0.1) is 23.6 Å². The minimum Gasteiger partial charge on any atom is -0.336 e. The van der Waals surface area contributed by atoms with E-state index in [1.165, 1.54) is 0 Å². The molecule has 2 fully saturated rings. The Balaban J connectivity index is 1.42. The molecule has 124 valence electrons. The maximum Gasteiger partial charge on any atom is 0.228 e. The number of likely N-dealkylation sites (tertiary alicyclic amines) is 2. The molecule has 6 nitrogen and oxygen atoms in total. The highest BCUT2D eigenvalue weighted by atomic mass is 16.2. The second kappa shape index (κ2) is 5.60. The fourth-order valence-electron chi connectivity index (χ4n) is 3.99. The number of hydrogen-bond donors (Lipinski definition) is 0. The number of carbonyl (C=O) groups excluding carboxylic acids is 2. The van der Waals surface area contributed by atoms with Gasteiger partial charge in [0.25, 0.3) is 0 Å². The summed E-state index contributed by atoms with van der Waals surface area (Å²) in [5.74, 6) is -0.0590. The van der Waals surface area contributed by atoms with E-state index in [0.29, 0.717) is 31.6 Å². The fourth-order valence-corrected chi connectivity index (χ4v) is 3.99. The van der Waals surface area contributed by atoms with Crippen LogP contribution < -0.4 is 0 Å². The summed E-state index contributed by atoms with van der Waals surface area (Å²) in [7, 11) is 2.04. The lowest BCUT2D eigenvalue weighted by molar-refractivity contribution is -0.136. The van der Waals surface area contributed by atoms with Crippen molar-refractivity contribution in [3.05, 3.63) is 34.9 Å². The average molecular weight is 324 g/mol. The molecule has 6 heteroatoms. The van der Waals surface area contributed by atoms with Crippen LogP contribution in [-0.4, -0.2) is 59.2 Å². The molecule has 0 aromatic heterocycles. The quantitative estimate of drug-likeness (QED) is 0.797.